The third-order valence-corrected chi connectivity index (χ3v) is 6.48. The number of hydrogen-bond donors (Lipinski definition) is 0. The van der Waals surface area contributed by atoms with Crippen LogP contribution in [-0.2, 0) is 19.1 Å². The quantitative estimate of drug-likeness (QED) is 0.162. The summed E-state index contributed by atoms with van der Waals surface area (Å²) in [5, 5.41) is 0. The van der Waals surface area contributed by atoms with Crippen LogP contribution in [-0.4, -0.2) is 24.6 Å². The largest absolute Gasteiger partial charge is 0.466 e. The molecule has 1 aliphatic rings. The maximum Gasteiger partial charge on any atom is 0.306 e. The van der Waals surface area contributed by atoms with Crippen LogP contribution in [0.25, 0.3) is 0 Å². The number of carbonyl (C=O) groups excluding carboxylic acids is 2. The SMILES string of the molecule is CCCCCCCCCCCCCCCOC(=O)CCC(=O)OC1CC(C)CC(C)C1. The van der Waals surface area contributed by atoms with Crippen molar-refractivity contribution < 1.29 is 19.1 Å². The Hall–Kier alpha value is -1.06. The molecule has 1 aliphatic carbocycles. The van der Waals surface area contributed by atoms with E-state index in [4.69, 9.17) is 9.47 Å². The predicted molar refractivity (Wildman–Crippen MR) is 128 cm³/mol. The van der Waals surface area contributed by atoms with Gasteiger partial charge in [-0.2, -0.15) is 0 Å². The van der Waals surface area contributed by atoms with E-state index in [-0.39, 0.29) is 30.9 Å². The van der Waals surface area contributed by atoms with E-state index in [0.717, 1.165) is 25.7 Å². The molecule has 1 rings (SSSR count). The monoisotopic (exact) mass is 438 g/mol. The van der Waals surface area contributed by atoms with E-state index in [2.05, 4.69) is 20.8 Å². The molecule has 1 fully saturated rings. The van der Waals surface area contributed by atoms with Gasteiger partial charge < -0.3 is 9.47 Å². The maximum absolute atomic E-state index is 12.0. The molecule has 4 nitrogen and oxygen atoms in total. The van der Waals surface area contributed by atoms with E-state index in [0.29, 0.717) is 18.4 Å². The number of carbonyl (C=O) groups is 2. The van der Waals surface area contributed by atoms with Crippen molar-refractivity contribution in [2.24, 2.45) is 11.8 Å². The molecule has 0 aromatic carbocycles. The van der Waals surface area contributed by atoms with Crippen molar-refractivity contribution >= 4 is 11.9 Å². The lowest BCUT2D eigenvalue weighted by atomic mass is 9.82. The Morgan fingerprint density at radius 2 is 1.10 bits per heavy atom. The van der Waals surface area contributed by atoms with E-state index in [1.807, 2.05) is 0 Å². The minimum Gasteiger partial charge on any atom is -0.466 e. The lowest BCUT2D eigenvalue weighted by molar-refractivity contribution is -0.155. The van der Waals surface area contributed by atoms with E-state index < -0.39 is 0 Å². The first-order chi connectivity index (χ1) is 15.0. The molecule has 0 radical (unpaired) electrons. The van der Waals surface area contributed by atoms with Crippen LogP contribution >= 0.6 is 0 Å². The minimum absolute atomic E-state index is 0.0214. The van der Waals surface area contributed by atoms with Gasteiger partial charge in [0.2, 0.25) is 0 Å². The molecule has 1 saturated carbocycles. The van der Waals surface area contributed by atoms with Gasteiger partial charge in [0.1, 0.15) is 6.10 Å². The Labute approximate surface area is 192 Å². The topological polar surface area (TPSA) is 52.6 Å². The van der Waals surface area contributed by atoms with Gasteiger partial charge in [0.15, 0.2) is 0 Å². The van der Waals surface area contributed by atoms with Gasteiger partial charge in [-0.05, 0) is 37.5 Å². The second-order valence-electron chi connectivity index (χ2n) is 9.99. The number of hydrogen-bond acceptors (Lipinski definition) is 4. The summed E-state index contributed by atoms with van der Waals surface area (Å²) in [4.78, 5) is 23.8. The molecule has 0 spiro atoms. The van der Waals surface area contributed by atoms with Crippen LogP contribution in [0, 0.1) is 11.8 Å². The summed E-state index contributed by atoms with van der Waals surface area (Å²) in [6, 6.07) is 0. The second kappa shape index (κ2) is 18.5. The molecule has 0 N–H and O–H groups in total. The van der Waals surface area contributed by atoms with Gasteiger partial charge in [-0.3, -0.25) is 9.59 Å². The molecule has 4 heteroatoms. The molecule has 0 amide bonds. The highest BCUT2D eigenvalue weighted by Gasteiger charge is 2.26. The Morgan fingerprint density at radius 1 is 0.645 bits per heavy atom. The highest BCUT2D eigenvalue weighted by atomic mass is 16.5. The fraction of sp³-hybridized carbons (Fsp3) is 0.926. The van der Waals surface area contributed by atoms with Gasteiger partial charge in [-0.15, -0.1) is 0 Å². The van der Waals surface area contributed by atoms with Gasteiger partial charge in [0, 0.05) is 0 Å². The molecule has 31 heavy (non-hydrogen) atoms. The lowest BCUT2D eigenvalue weighted by Crippen LogP contribution is -2.28. The number of esters is 2. The summed E-state index contributed by atoms with van der Waals surface area (Å²) in [5.41, 5.74) is 0. The first kappa shape index (κ1) is 28.0. The standard InChI is InChI=1S/C27H50O4/c1-4-5-6-7-8-9-10-11-12-13-14-15-16-19-30-26(28)17-18-27(29)31-25-21-23(2)20-24(3)22-25/h23-25H,4-22H2,1-3H3. The first-order valence-corrected chi connectivity index (χ1v) is 13.4. The summed E-state index contributed by atoms with van der Waals surface area (Å²) in [5.74, 6) is 0.671. The number of rotatable bonds is 18. The summed E-state index contributed by atoms with van der Waals surface area (Å²) in [7, 11) is 0. The fourth-order valence-corrected chi connectivity index (χ4v) is 4.80. The fourth-order valence-electron chi connectivity index (χ4n) is 4.80. The molecular weight excluding hydrogens is 388 g/mol. The molecule has 0 aromatic heterocycles. The van der Waals surface area contributed by atoms with Crippen LogP contribution in [0.4, 0.5) is 0 Å². The molecule has 182 valence electrons. The van der Waals surface area contributed by atoms with Gasteiger partial charge in [0.05, 0.1) is 19.4 Å². The van der Waals surface area contributed by atoms with Crippen LogP contribution in [0.5, 0.6) is 0 Å². The van der Waals surface area contributed by atoms with Crippen LogP contribution in [0.15, 0.2) is 0 Å². The third-order valence-electron chi connectivity index (χ3n) is 6.48. The third kappa shape index (κ3) is 16.3. The van der Waals surface area contributed by atoms with Gasteiger partial charge in [-0.1, -0.05) is 97.8 Å². The van der Waals surface area contributed by atoms with E-state index in [1.54, 1.807) is 0 Å². The van der Waals surface area contributed by atoms with Crippen molar-refractivity contribution in [1.29, 1.82) is 0 Å². The predicted octanol–water partition coefficient (Wildman–Crippen LogP) is 7.77. The molecule has 0 bridgehead atoms. The molecule has 0 aromatic rings. The first-order valence-electron chi connectivity index (χ1n) is 13.4. The average Bonchev–Trinajstić information content (AvgIpc) is 2.71. The number of unbranched alkanes of at least 4 members (excludes halogenated alkanes) is 12. The summed E-state index contributed by atoms with van der Waals surface area (Å²) in [6.07, 6.45) is 20.3. The second-order valence-corrected chi connectivity index (χ2v) is 9.99. The van der Waals surface area contributed by atoms with E-state index >= 15 is 0 Å². The summed E-state index contributed by atoms with van der Waals surface area (Å²) in [6.45, 7) is 7.17. The van der Waals surface area contributed by atoms with Crippen LogP contribution in [0.3, 0.4) is 0 Å². The van der Waals surface area contributed by atoms with Crippen molar-refractivity contribution in [2.45, 2.75) is 142 Å². The molecule has 2 unspecified atom stereocenters. The van der Waals surface area contributed by atoms with Crippen molar-refractivity contribution in [3.05, 3.63) is 0 Å². The van der Waals surface area contributed by atoms with E-state index in [9.17, 15) is 9.59 Å². The van der Waals surface area contributed by atoms with Gasteiger partial charge >= 0.3 is 11.9 Å². The molecular formula is C27H50O4. The van der Waals surface area contributed by atoms with Gasteiger partial charge in [0.25, 0.3) is 0 Å². The zero-order valence-electron chi connectivity index (χ0n) is 20.8. The minimum atomic E-state index is -0.277. The molecule has 0 saturated heterocycles. The Bertz CT molecular complexity index is 452. The smallest absolute Gasteiger partial charge is 0.306 e. The van der Waals surface area contributed by atoms with E-state index in [1.165, 1.54) is 77.0 Å². The molecule has 0 aliphatic heterocycles. The lowest BCUT2D eigenvalue weighted by Gasteiger charge is -2.31. The van der Waals surface area contributed by atoms with Crippen LogP contribution < -0.4 is 0 Å². The maximum atomic E-state index is 12.0. The van der Waals surface area contributed by atoms with Gasteiger partial charge in [-0.25, -0.2) is 0 Å². The zero-order valence-corrected chi connectivity index (χ0v) is 20.8. The molecule has 2 atom stereocenters. The Balaban J connectivity index is 1.86. The van der Waals surface area contributed by atoms with Crippen LogP contribution in [0.2, 0.25) is 0 Å². The Kier molecular flexibility index (Phi) is 16.7. The summed E-state index contributed by atoms with van der Waals surface area (Å²) >= 11 is 0. The Morgan fingerprint density at radius 3 is 1.61 bits per heavy atom. The normalized spacial score (nSPS) is 21.1. The highest BCUT2D eigenvalue weighted by molar-refractivity contribution is 5.77. The van der Waals surface area contributed by atoms with Crippen molar-refractivity contribution in [2.75, 3.05) is 6.61 Å². The highest BCUT2D eigenvalue weighted by Crippen LogP contribution is 2.30. The van der Waals surface area contributed by atoms with Crippen LogP contribution in [0.1, 0.15) is 136 Å². The van der Waals surface area contributed by atoms with Crippen molar-refractivity contribution in [3.8, 4) is 0 Å². The van der Waals surface area contributed by atoms with Crippen molar-refractivity contribution in [3.63, 3.8) is 0 Å². The summed E-state index contributed by atoms with van der Waals surface area (Å²) < 4.78 is 10.8. The molecule has 0 heterocycles. The average molecular weight is 439 g/mol. The zero-order chi connectivity index (χ0) is 22.7. The number of ether oxygens (including phenoxy) is 2. The van der Waals surface area contributed by atoms with Crippen molar-refractivity contribution in [1.82, 2.24) is 0 Å².